The minimum atomic E-state index is -0.931. The number of aliphatic carboxylic acids is 1. The third-order valence-corrected chi connectivity index (χ3v) is 1.00. The van der Waals surface area contributed by atoms with Crippen molar-refractivity contribution in [3.05, 3.63) is 0 Å². The van der Waals surface area contributed by atoms with Crippen molar-refractivity contribution in [3.8, 4) is 0 Å². The molecule has 62 valence electrons. The third-order valence-electron chi connectivity index (χ3n) is 1.00. The van der Waals surface area contributed by atoms with Gasteiger partial charge >= 0.3 is 5.97 Å². The quantitative estimate of drug-likeness (QED) is 0.601. The van der Waals surface area contributed by atoms with Crippen LogP contribution in [0.4, 0.5) is 0 Å². The number of carbonyl (C=O) groups is 1. The summed E-state index contributed by atoms with van der Waals surface area (Å²) in [6.45, 7) is 3.55. The second kappa shape index (κ2) is 6.83. The number of halogens is 1. The zero-order valence-electron chi connectivity index (χ0n) is 6.47. The van der Waals surface area contributed by atoms with Gasteiger partial charge in [-0.05, 0) is 5.92 Å². The minimum absolute atomic E-state index is 0.0208. The van der Waals surface area contributed by atoms with Crippen molar-refractivity contribution in [1.29, 1.82) is 0 Å². The molecular weight excluding hydrogens is 154 g/mol. The molecule has 0 fully saturated rings. The highest BCUT2D eigenvalue weighted by Gasteiger charge is 2.14. The van der Waals surface area contributed by atoms with Crippen LogP contribution >= 0.6 is 11.6 Å². The van der Waals surface area contributed by atoms with Crippen molar-refractivity contribution in [2.75, 3.05) is 6.38 Å². The molecule has 0 saturated carbocycles. The maximum absolute atomic E-state index is 10.0. The van der Waals surface area contributed by atoms with Gasteiger partial charge in [-0.25, -0.2) is 0 Å². The zero-order chi connectivity index (χ0) is 8.73. The van der Waals surface area contributed by atoms with Gasteiger partial charge in [0.2, 0.25) is 0 Å². The first kappa shape index (κ1) is 12.4. The van der Waals surface area contributed by atoms with Crippen molar-refractivity contribution in [2.24, 2.45) is 11.7 Å². The number of hydrogen-bond donors (Lipinski definition) is 2. The third kappa shape index (κ3) is 5.85. The summed E-state index contributed by atoms with van der Waals surface area (Å²) in [5, 5.41) is 8.23. The summed E-state index contributed by atoms with van der Waals surface area (Å²) in [6.07, 6.45) is 1.47. The molecule has 0 aliphatic carbocycles. The second-order valence-corrected chi connectivity index (χ2v) is 2.11. The number of carboxylic acid groups (broad SMARTS) is 1. The predicted octanol–water partition coefficient (Wildman–Crippen LogP) is 0.909. The Kier molecular flexibility index (Phi) is 8.48. The van der Waals surface area contributed by atoms with Crippen molar-refractivity contribution >= 4 is 17.6 Å². The van der Waals surface area contributed by atoms with E-state index in [0.29, 0.717) is 0 Å². The molecule has 10 heavy (non-hydrogen) atoms. The molecule has 0 aliphatic rings. The van der Waals surface area contributed by atoms with Crippen LogP contribution in [-0.2, 0) is 4.79 Å². The van der Waals surface area contributed by atoms with E-state index in [1.807, 2.05) is 0 Å². The van der Waals surface area contributed by atoms with Crippen LogP contribution < -0.4 is 5.73 Å². The lowest BCUT2D eigenvalue weighted by molar-refractivity contribution is -0.139. The Hall–Kier alpha value is -0.280. The molecule has 0 aromatic rings. The fourth-order valence-corrected chi connectivity index (χ4v) is 0.285. The molecule has 0 spiro atoms. The Morgan fingerprint density at radius 1 is 1.50 bits per heavy atom. The molecule has 0 aromatic carbocycles. The number of carboxylic acids is 1. The van der Waals surface area contributed by atoms with E-state index < -0.39 is 12.0 Å². The van der Waals surface area contributed by atoms with Crippen molar-refractivity contribution in [2.45, 2.75) is 19.9 Å². The molecule has 0 radical (unpaired) electrons. The largest absolute Gasteiger partial charge is 0.480 e. The molecular formula is C6H14ClNO2. The van der Waals surface area contributed by atoms with Crippen LogP contribution in [-0.4, -0.2) is 23.5 Å². The Morgan fingerprint density at radius 2 is 1.80 bits per heavy atom. The van der Waals surface area contributed by atoms with E-state index in [4.69, 9.17) is 10.8 Å². The topological polar surface area (TPSA) is 63.3 Å². The number of hydrogen-bond acceptors (Lipinski definition) is 2. The van der Waals surface area contributed by atoms with Gasteiger partial charge in [-0.1, -0.05) is 13.8 Å². The summed E-state index contributed by atoms with van der Waals surface area (Å²) < 4.78 is 0. The molecule has 0 heterocycles. The van der Waals surface area contributed by atoms with E-state index in [2.05, 4.69) is 11.6 Å². The minimum Gasteiger partial charge on any atom is -0.480 e. The molecule has 0 rings (SSSR count). The molecule has 1 atom stereocenters. The first-order chi connectivity index (χ1) is 4.55. The Bertz CT molecular complexity index is 95.7. The average Bonchev–Trinajstić information content (AvgIpc) is 1.90. The van der Waals surface area contributed by atoms with Crippen LogP contribution in [0.1, 0.15) is 13.8 Å². The highest BCUT2D eigenvalue weighted by Crippen LogP contribution is 1.96. The summed E-state index contributed by atoms with van der Waals surface area (Å²) in [6, 6.07) is -0.713. The number of rotatable bonds is 2. The average molecular weight is 168 g/mol. The fraction of sp³-hybridized carbons (Fsp3) is 0.833. The lowest BCUT2D eigenvalue weighted by atomic mass is 10.1. The van der Waals surface area contributed by atoms with Gasteiger partial charge in [-0.3, -0.25) is 4.79 Å². The van der Waals surface area contributed by atoms with Gasteiger partial charge < -0.3 is 10.8 Å². The van der Waals surface area contributed by atoms with E-state index in [1.54, 1.807) is 13.8 Å². The van der Waals surface area contributed by atoms with Crippen LogP contribution in [0.3, 0.4) is 0 Å². The molecule has 3 nitrogen and oxygen atoms in total. The molecule has 0 bridgehead atoms. The highest BCUT2D eigenvalue weighted by molar-refractivity contribution is 6.15. The summed E-state index contributed by atoms with van der Waals surface area (Å²) in [4.78, 5) is 10.0. The lowest BCUT2D eigenvalue weighted by Crippen LogP contribution is -2.34. The van der Waals surface area contributed by atoms with E-state index in [9.17, 15) is 4.79 Å². The second-order valence-electron chi connectivity index (χ2n) is 2.11. The van der Waals surface area contributed by atoms with Crippen molar-refractivity contribution in [1.82, 2.24) is 0 Å². The Labute approximate surface area is 66.2 Å². The van der Waals surface area contributed by atoms with Crippen LogP contribution in [0, 0.1) is 5.92 Å². The van der Waals surface area contributed by atoms with Crippen LogP contribution in [0.5, 0.6) is 0 Å². The monoisotopic (exact) mass is 167 g/mol. The predicted molar refractivity (Wildman–Crippen MR) is 42.2 cm³/mol. The molecule has 3 N–H and O–H groups in total. The molecule has 0 aliphatic heterocycles. The van der Waals surface area contributed by atoms with Crippen molar-refractivity contribution < 1.29 is 9.90 Å². The van der Waals surface area contributed by atoms with Crippen LogP contribution in [0.2, 0.25) is 0 Å². The Morgan fingerprint density at radius 3 is 1.80 bits per heavy atom. The molecule has 1 unspecified atom stereocenters. The standard InChI is InChI=1S/C5H11NO2.CH3Cl/c1-3(2)4(6)5(7)8;1-2/h3-4H,6H2,1-2H3,(H,7,8);1H3. The molecule has 0 amide bonds. The first-order valence-electron chi connectivity index (χ1n) is 2.92. The Balaban J connectivity index is 0. The van der Waals surface area contributed by atoms with E-state index >= 15 is 0 Å². The van der Waals surface area contributed by atoms with Gasteiger partial charge in [0.05, 0.1) is 0 Å². The van der Waals surface area contributed by atoms with E-state index in [0.717, 1.165) is 0 Å². The smallest absolute Gasteiger partial charge is 0.320 e. The lowest BCUT2D eigenvalue weighted by Gasteiger charge is -2.07. The zero-order valence-corrected chi connectivity index (χ0v) is 7.22. The van der Waals surface area contributed by atoms with E-state index in [-0.39, 0.29) is 5.92 Å². The van der Waals surface area contributed by atoms with Gasteiger partial charge in [-0.15, -0.1) is 11.6 Å². The van der Waals surface area contributed by atoms with Crippen LogP contribution in [0.25, 0.3) is 0 Å². The van der Waals surface area contributed by atoms with Gasteiger partial charge in [0, 0.05) is 6.38 Å². The SMILES string of the molecule is CC(C)C(N)C(=O)O.CCl. The maximum Gasteiger partial charge on any atom is 0.320 e. The van der Waals surface area contributed by atoms with E-state index in [1.165, 1.54) is 6.38 Å². The van der Waals surface area contributed by atoms with Gasteiger partial charge in [0.15, 0.2) is 0 Å². The molecule has 0 aromatic heterocycles. The first-order valence-corrected chi connectivity index (χ1v) is 3.67. The molecule has 4 heteroatoms. The van der Waals surface area contributed by atoms with Gasteiger partial charge in [-0.2, -0.15) is 0 Å². The fourth-order valence-electron chi connectivity index (χ4n) is 0.285. The molecule has 0 saturated heterocycles. The summed E-state index contributed by atoms with van der Waals surface area (Å²) in [5.74, 6) is -0.910. The normalized spacial score (nSPS) is 11.8. The van der Waals surface area contributed by atoms with Gasteiger partial charge in [0.1, 0.15) is 6.04 Å². The number of nitrogens with two attached hydrogens (primary N) is 1. The summed E-state index contributed by atoms with van der Waals surface area (Å²) in [7, 11) is 0. The van der Waals surface area contributed by atoms with Crippen LogP contribution in [0.15, 0.2) is 0 Å². The maximum atomic E-state index is 10.0. The summed E-state index contributed by atoms with van der Waals surface area (Å²) >= 11 is 4.64. The highest BCUT2D eigenvalue weighted by atomic mass is 35.5. The van der Waals surface area contributed by atoms with Gasteiger partial charge in [0.25, 0.3) is 0 Å². The number of alkyl halides is 1. The summed E-state index contributed by atoms with van der Waals surface area (Å²) in [5.41, 5.74) is 5.16. The van der Waals surface area contributed by atoms with Crippen molar-refractivity contribution in [3.63, 3.8) is 0 Å².